The second-order valence-corrected chi connectivity index (χ2v) is 4.73. The minimum Gasteiger partial charge on any atom is -0.348 e. The quantitative estimate of drug-likeness (QED) is 0.838. The van der Waals surface area contributed by atoms with Crippen LogP contribution in [0.5, 0.6) is 0 Å². The topological polar surface area (TPSA) is 28.2 Å². The van der Waals surface area contributed by atoms with Crippen molar-refractivity contribution in [2.75, 3.05) is 18.5 Å². The van der Waals surface area contributed by atoms with Crippen LogP contribution in [0.3, 0.4) is 0 Å². The highest BCUT2D eigenvalue weighted by molar-refractivity contribution is 5.42. The predicted octanol–water partition coefficient (Wildman–Crippen LogP) is 2.47. The number of hydrogen-bond acceptors (Lipinski definition) is 3. The van der Waals surface area contributed by atoms with Crippen LogP contribution in [-0.4, -0.2) is 30.8 Å². The number of alkyl halides is 3. The Morgan fingerprint density at radius 2 is 2.11 bits per heavy atom. The van der Waals surface area contributed by atoms with Gasteiger partial charge in [0.1, 0.15) is 6.54 Å². The van der Waals surface area contributed by atoms with E-state index in [1.54, 1.807) is 0 Å². The van der Waals surface area contributed by atoms with Crippen molar-refractivity contribution in [3.8, 4) is 0 Å². The summed E-state index contributed by atoms with van der Waals surface area (Å²) in [5.74, 6) is -0.963. The lowest BCUT2D eigenvalue weighted by Gasteiger charge is -2.21. The van der Waals surface area contributed by atoms with Gasteiger partial charge in [-0.05, 0) is 18.9 Å². The molecule has 19 heavy (non-hydrogen) atoms. The van der Waals surface area contributed by atoms with Gasteiger partial charge in [0.2, 0.25) is 0 Å². The van der Waals surface area contributed by atoms with Gasteiger partial charge in [0.05, 0.1) is 0 Å². The average Bonchev–Trinajstić information content (AvgIpc) is 3.09. The van der Waals surface area contributed by atoms with Gasteiger partial charge in [-0.25, -0.2) is 9.37 Å². The molecule has 1 heterocycles. The first-order valence-electron chi connectivity index (χ1n) is 6.01. The van der Waals surface area contributed by atoms with Crippen molar-refractivity contribution in [3.63, 3.8) is 0 Å². The molecule has 1 N–H and O–H groups in total. The Hall–Kier alpha value is -1.37. The summed E-state index contributed by atoms with van der Waals surface area (Å²) < 4.78 is 50.9. The molecule has 0 amide bonds. The molecule has 0 aliphatic heterocycles. The molecule has 1 aliphatic carbocycles. The average molecular weight is 277 g/mol. The third-order valence-corrected chi connectivity index (χ3v) is 2.89. The van der Waals surface area contributed by atoms with Crippen molar-refractivity contribution in [1.82, 2.24) is 10.3 Å². The highest BCUT2D eigenvalue weighted by Crippen LogP contribution is 2.24. The molecule has 0 atom stereocenters. The number of nitrogens with zero attached hydrogens (tertiary/aromatic N) is 2. The Bertz CT molecular complexity index is 443. The van der Waals surface area contributed by atoms with E-state index in [0.717, 1.165) is 17.7 Å². The molecule has 7 heteroatoms. The first-order chi connectivity index (χ1) is 8.87. The summed E-state index contributed by atoms with van der Waals surface area (Å²) in [6.07, 6.45) is -0.929. The lowest BCUT2D eigenvalue weighted by Crippen LogP contribution is -2.32. The van der Waals surface area contributed by atoms with E-state index in [-0.39, 0.29) is 5.82 Å². The van der Waals surface area contributed by atoms with Crippen molar-refractivity contribution < 1.29 is 17.6 Å². The number of anilines is 1. The monoisotopic (exact) mass is 277 g/mol. The summed E-state index contributed by atoms with van der Waals surface area (Å²) in [4.78, 5) is 4.46. The fourth-order valence-corrected chi connectivity index (χ4v) is 1.76. The van der Waals surface area contributed by atoms with Crippen LogP contribution < -0.4 is 10.2 Å². The third-order valence-electron chi connectivity index (χ3n) is 2.89. The van der Waals surface area contributed by atoms with E-state index in [4.69, 9.17) is 0 Å². The fraction of sp³-hybridized carbons (Fsp3) is 0.583. The lowest BCUT2D eigenvalue weighted by molar-refractivity contribution is -0.119. The number of aromatic nitrogens is 1. The van der Waals surface area contributed by atoms with Gasteiger partial charge in [0.25, 0.3) is 0 Å². The number of hydrogen-bond donors (Lipinski definition) is 1. The van der Waals surface area contributed by atoms with E-state index in [0.29, 0.717) is 18.2 Å². The summed E-state index contributed by atoms with van der Waals surface area (Å²) in [6, 6.07) is 1.89. The Labute approximate surface area is 108 Å². The van der Waals surface area contributed by atoms with Gasteiger partial charge in [0, 0.05) is 31.4 Å². The molecule has 0 spiro atoms. The predicted molar refractivity (Wildman–Crippen MR) is 63.4 cm³/mol. The van der Waals surface area contributed by atoms with Gasteiger partial charge in [0.15, 0.2) is 11.6 Å². The first-order valence-corrected chi connectivity index (χ1v) is 6.01. The molecule has 1 fully saturated rings. The molecule has 0 radical (unpaired) electrons. The zero-order chi connectivity index (χ0) is 14.0. The maximum atomic E-state index is 14.1. The van der Waals surface area contributed by atoms with Crippen molar-refractivity contribution in [2.24, 2.45) is 0 Å². The molecular formula is C12H15F4N3. The Balaban J connectivity index is 2.08. The molecule has 0 saturated heterocycles. The van der Waals surface area contributed by atoms with Gasteiger partial charge in [-0.15, -0.1) is 0 Å². The number of nitrogens with one attached hydrogen (secondary N) is 1. The van der Waals surface area contributed by atoms with Crippen LogP contribution in [0.1, 0.15) is 18.4 Å². The van der Waals surface area contributed by atoms with Crippen molar-refractivity contribution in [3.05, 3.63) is 23.6 Å². The van der Waals surface area contributed by atoms with Crippen LogP contribution in [0.2, 0.25) is 0 Å². The zero-order valence-electron chi connectivity index (χ0n) is 10.5. The summed E-state index contributed by atoms with van der Waals surface area (Å²) >= 11 is 0. The van der Waals surface area contributed by atoms with Crippen molar-refractivity contribution >= 4 is 5.82 Å². The number of halogens is 4. The Morgan fingerprint density at radius 1 is 1.42 bits per heavy atom. The molecule has 1 aromatic rings. The largest absolute Gasteiger partial charge is 0.405 e. The van der Waals surface area contributed by atoms with E-state index in [9.17, 15) is 17.6 Å². The fourth-order valence-electron chi connectivity index (χ4n) is 1.76. The number of rotatable bonds is 5. The summed E-state index contributed by atoms with van der Waals surface area (Å²) in [7, 11) is 1.18. The molecule has 1 aromatic heterocycles. The number of pyridine rings is 1. The van der Waals surface area contributed by atoms with E-state index in [1.165, 1.54) is 19.3 Å². The normalized spacial score (nSPS) is 15.6. The van der Waals surface area contributed by atoms with Gasteiger partial charge in [-0.3, -0.25) is 0 Å². The lowest BCUT2D eigenvalue weighted by atomic mass is 10.2. The molecule has 0 unspecified atom stereocenters. The second kappa shape index (κ2) is 5.32. The maximum Gasteiger partial charge on any atom is 0.405 e. The van der Waals surface area contributed by atoms with Crippen molar-refractivity contribution in [1.29, 1.82) is 0 Å². The maximum absolute atomic E-state index is 14.1. The van der Waals surface area contributed by atoms with Crippen LogP contribution in [-0.2, 0) is 6.54 Å². The minimum absolute atomic E-state index is 0.271. The molecular weight excluding hydrogens is 262 g/mol. The summed E-state index contributed by atoms with van der Waals surface area (Å²) in [6.45, 7) is -0.914. The van der Waals surface area contributed by atoms with Gasteiger partial charge in [-0.2, -0.15) is 13.2 Å². The Morgan fingerprint density at radius 3 is 2.68 bits per heavy atom. The highest BCUT2D eigenvalue weighted by Gasteiger charge is 2.31. The standard InChI is InChI=1S/C12H15F4N3/c1-19(7-12(14,15)16)11-10(13)8(4-5-17-11)6-18-9-2-3-9/h4-5,9,18H,2-3,6-7H2,1H3. The van der Waals surface area contributed by atoms with Crippen LogP contribution in [0, 0.1) is 5.82 Å². The molecule has 0 bridgehead atoms. The van der Waals surface area contributed by atoms with Gasteiger partial charge < -0.3 is 10.2 Å². The molecule has 3 nitrogen and oxygen atoms in total. The van der Waals surface area contributed by atoms with Gasteiger partial charge in [-0.1, -0.05) is 0 Å². The highest BCUT2D eigenvalue weighted by atomic mass is 19.4. The molecule has 1 saturated carbocycles. The third kappa shape index (κ3) is 4.05. The van der Waals surface area contributed by atoms with Crippen LogP contribution in [0.15, 0.2) is 12.3 Å². The molecule has 0 aromatic carbocycles. The summed E-state index contributed by atoms with van der Waals surface area (Å²) in [5, 5.41) is 3.12. The zero-order valence-corrected chi connectivity index (χ0v) is 10.5. The van der Waals surface area contributed by atoms with Crippen LogP contribution in [0.25, 0.3) is 0 Å². The Kier molecular flexibility index (Phi) is 3.93. The van der Waals surface area contributed by atoms with Gasteiger partial charge >= 0.3 is 6.18 Å². The van der Waals surface area contributed by atoms with E-state index < -0.39 is 18.5 Å². The minimum atomic E-state index is -4.38. The van der Waals surface area contributed by atoms with Crippen molar-refractivity contribution in [2.45, 2.75) is 31.6 Å². The summed E-state index contributed by atoms with van der Waals surface area (Å²) in [5.41, 5.74) is 0.339. The SMILES string of the molecule is CN(CC(F)(F)F)c1nccc(CNC2CC2)c1F. The smallest absolute Gasteiger partial charge is 0.348 e. The van der Waals surface area contributed by atoms with Crippen LogP contribution >= 0.6 is 0 Å². The molecule has 106 valence electrons. The second-order valence-electron chi connectivity index (χ2n) is 4.73. The molecule has 1 aliphatic rings. The molecule has 2 rings (SSSR count). The van der Waals surface area contributed by atoms with E-state index >= 15 is 0 Å². The van der Waals surface area contributed by atoms with E-state index in [2.05, 4.69) is 10.3 Å². The van der Waals surface area contributed by atoms with Crippen LogP contribution in [0.4, 0.5) is 23.4 Å². The van der Waals surface area contributed by atoms with E-state index in [1.807, 2.05) is 0 Å². The first kappa shape index (κ1) is 14.0.